The van der Waals surface area contributed by atoms with Gasteiger partial charge in [-0.25, -0.2) is 4.79 Å². The first kappa shape index (κ1) is 32.7. The van der Waals surface area contributed by atoms with Gasteiger partial charge in [-0.1, -0.05) is 57.7 Å². The molecule has 10 heteroatoms. The normalized spacial score (nSPS) is 13.6. The quantitative estimate of drug-likeness (QED) is 0.250. The average Bonchev–Trinajstić information content (AvgIpc) is 2.79. The van der Waals surface area contributed by atoms with Gasteiger partial charge in [-0.05, 0) is 46.6 Å². The van der Waals surface area contributed by atoms with E-state index in [-0.39, 0.29) is 23.9 Å². The maximum absolute atomic E-state index is 14.0. The zero-order valence-electron chi connectivity index (χ0n) is 23.7. The second kappa shape index (κ2) is 15.8. The average molecular weight is 535 g/mol. The lowest BCUT2D eigenvalue weighted by Crippen LogP contribution is -2.54. The number of hydrogen-bond donors (Lipinski definition) is 4. The molecule has 3 atom stereocenters. The summed E-state index contributed by atoms with van der Waals surface area (Å²) in [6, 6.07) is 3.61. The highest BCUT2D eigenvalue weighted by Crippen LogP contribution is 2.30. The molecule has 4 amide bonds. The number of nitrogens with one attached hydrogen (secondary N) is 2. The van der Waals surface area contributed by atoms with Crippen LogP contribution in [0.25, 0.3) is 0 Å². The highest BCUT2D eigenvalue weighted by atomic mass is 16.6. The highest BCUT2D eigenvalue weighted by molar-refractivity contribution is 5.94. The fourth-order valence-corrected chi connectivity index (χ4v) is 4.12. The van der Waals surface area contributed by atoms with Gasteiger partial charge in [-0.2, -0.15) is 0 Å². The summed E-state index contributed by atoms with van der Waals surface area (Å²) >= 11 is 0. The Hall–Kier alpha value is -3.30. The molecule has 0 saturated carbocycles. The molecule has 0 aliphatic carbocycles. The number of phenols is 1. The van der Waals surface area contributed by atoms with Crippen LogP contribution in [0.15, 0.2) is 24.3 Å². The van der Waals surface area contributed by atoms with Gasteiger partial charge >= 0.3 is 6.09 Å². The van der Waals surface area contributed by atoms with E-state index in [1.165, 1.54) is 11.0 Å². The van der Waals surface area contributed by atoms with Crippen LogP contribution >= 0.6 is 0 Å². The predicted octanol–water partition coefficient (Wildman–Crippen LogP) is 3.92. The summed E-state index contributed by atoms with van der Waals surface area (Å²) < 4.78 is 5.29. The third-order valence-electron chi connectivity index (χ3n) is 5.83. The SMILES string of the molecule is CCCCCCN(C(=O)C(CC(N)=O)NC(=O)OC(C)(C)C)C(C(=O)NC(C)CCC)c1ccccc1O. The van der Waals surface area contributed by atoms with Crippen LogP contribution in [-0.4, -0.2) is 58.1 Å². The van der Waals surface area contributed by atoms with Crippen LogP contribution in [-0.2, 0) is 19.1 Å². The molecule has 0 aromatic heterocycles. The standard InChI is InChI=1S/C28H46N4O6/c1-7-9-10-13-17-32(26(36)21(18-23(29)34)31-27(37)38-28(4,5)6)24(20-15-11-12-16-22(20)33)25(35)30-19(3)14-8-2/h11-12,15-16,19,21,24,33H,7-10,13-14,17-18H2,1-6H3,(H2,29,34)(H,30,35)(H,31,37). The summed E-state index contributed by atoms with van der Waals surface area (Å²) in [5.41, 5.74) is 4.83. The molecule has 0 aliphatic heterocycles. The molecule has 214 valence electrons. The second-order valence-corrected chi connectivity index (χ2v) is 10.6. The number of amides is 4. The zero-order chi connectivity index (χ0) is 28.9. The third kappa shape index (κ3) is 11.4. The summed E-state index contributed by atoms with van der Waals surface area (Å²) in [7, 11) is 0. The lowest BCUT2D eigenvalue weighted by Gasteiger charge is -2.35. The Morgan fingerprint density at radius 1 is 1.03 bits per heavy atom. The fourth-order valence-electron chi connectivity index (χ4n) is 4.12. The summed E-state index contributed by atoms with van der Waals surface area (Å²) in [5.74, 6) is -2.08. The molecule has 0 radical (unpaired) electrons. The molecule has 1 aromatic rings. The van der Waals surface area contributed by atoms with E-state index in [1.807, 2.05) is 13.8 Å². The maximum atomic E-state index is 14.0. The van der Waals surface area contributed by atoms with Gasteiger partial charge in [-0.15, -0.1) is 0 Å². The molecule has 0 saturated heterocycles. The lowest BCUT2D eigenvalue weighted by atomic mass is 9.99. The highest BCUT2D eigenvalue weighted by Gasteiger charge is 2.38. The van der Waals surface area contributed by atoms with Gasteiger partial charge in [0.2, 0.25) is 17.7 Å². The number of para-hydroxylation sites is 1. The molecule has 10 nitrogen and oxygen atoms in total. The van der Waals surface area contributed by atoms with E-state index < -0.39 is 47.9 Å². The van der Waals surface area contributed by atoms with E-state index in [0.717, 1.165) is 32.1 Å². The molecule has 1 rings (SSSR count). The first-order valence-electron chi connectivity index (χ1n) is 13.5. The van der Waals surface area contributed by atoms with Gasteiger partial charge < -0.3 is 31.1 Å². The number of rotatable bonds is 15. The number of ether oxygens (including phenoxy) is 1. The maximum Gasteiger partial charge on any atom is 0.408 e. The topological polar surface area (TPSA) is 151 Å². The number of carbonyl (C=O) groups is 4. The summed E-state index contributed by atoms with van der Waals surface area (Å²) in [6.07, 6.45) is 3.50. The van der Waals surface area contributed by atoms with Crippen molar-refractivity contribution in [1.82, 2.24) is 15.5 Å². The van der Waals surface area contributed by atoms with E-state index in [4.69, 9.17) is 10.5 Å². The predicted molar refractivity (Wildman–Crippen MR) is 146 cm³/mol. The molecule has 0 fully saturated rings. The van der Waals surface area contributed by atoms with Gasteiger partial charge in [-0.3, -0.25) is 14.4 Å². The molecule has 1 aromatic carbocycles. The molecule has 0 aliphatic rings. The molecule has 0 bridgehead atoms. The molecule has 38 heavy (non-hydrogen) atoms. The Balaban J connectivity index is 3.52. The molecule has 0 spiro atoms. The first-order valence-corrected chi connectivity index (χ1v) is 13.5. The van der Waals surface area contributed by atoms with E-state index in [2.05, 4.69) is 17.6 Å². The first-order chi connectivity index (χ1) is 17.8. The number of benzene rings is 1. The van der Waals surface area contributed by atoms with Crippen molar-refractivity contribution in [3.05, 3.63) is 29.8 Å². The summed E-state index contributed by atoms with van der Waals surface area (Å²) in [4.78, 5) is 53.4. The van der Waals surface area contributed by atoms with Crippen molar-refractivity contribution >= 4 is 23.8 Å². The van der Waals surface area contributed by atoms with Crippen LogP contribution in [0.4, 0.5) is 4.79 Å². The van der Waals surface area contributed by atoms with Crippen molar-refractivity contribution in [1.29, 1.82) is 0 Å². The van der Waals surface area contributed by atoms with Gasteiger partial charge in [0.05, 0.1) is 6.42 Å². The van der Waals surface area contributed by atoms with Gasteiger partial charge in [0.1, 0.15) is 23.4 Å². The number of aromatic hydroxyl groups is 1. The van der Waals surface area contributed by atoms with Gasteiger partial charge in [0, 0.05) is 18.2 Å². The number of nitrogens with two attached hydrogens (primary N) is 1. The number of hydrogen-bond acceptors (Lipinski definition) is 6. The van der Waals surface area contributed by atoms with Gasteiger partial charge in [0.25, 0.3) is 0 Å². The van der Waals surface area contributed by atoms with Crippen molar-refractivity contribution in [2.24, 2.45) is 5.73 Å². The molecule has 5 N–H and O–H groups in total. The van der Waals surface area contributed by atoms with Crippen LogP contribution in [0.1, 0.15) is 98.1 Å². The van der Waals surface area contributed by atoms with Crippen LogP contribution in [0, 0.1) is 0 Å². The van der Waals surface area contributed by atoms with E-state index in [0.29, 0.717) is 6.42 Å². The van der Waals surface area contributed by atoms with Crippen molar-refractivity contribution in [3.8, 4) is 5.75 Å². The summed E-state index contributed by atoms with van der Waals surface area (Å²) in [5, 5.41) is 16.1. The Labute approximate surface area is 226 Å². The Kier molecular flexibility index (Phi) is 13.6. The number of alkyl carbamates (subject to hydrolysis) is 1. The van der Waals surface area contributed by atoms with Crippen molar-refractivity contribution in [2.45, 2.75) is 110 Å². The molecular weight excluding hydrogens is 488 g/mol. The van der Waals surface area contributed by atoms with Crippen molar-refractivity contribution in [3.63, 3.8) is 0 Å². The zero-order valence-corrected chi connectivity index (χ0v) is 23.7. The Bertz CT molecular complexity index is 930. The third-order valence-corrected chi connectivity index (χ3v) is 5.83. The number of primary amides is 1. The van der Waals surface area contributed by atoms with Crippen LogP contribution in [0.3, 0.4) is 0 Å². The monoisotopic (exact) mass is 534 g/mol. The van der Waals surface area contributed by atoms with Gasteiger partial charge in [0.15, 0.2) is 0 Å². The molecule has 0 heterocycles. The smallest absolute Gasteiger partial charge is 0.408 e. The van der Waals surface area contributed by atoms with Crippen molar-refractivity contribution in [2.75, 3.05) is 6.54 Å². The van der Waals surface area contributed by atoms with Crippen molar-refractivity contribution < 1.29 is 29.0 Å². The van der Waals surface area contributed by atoms with E-state index in [9.17, 15) is 24.3 Å². The minimum absolute atomic E-state index is 0.145. The fraction of sp³-hybridized carbons (Fsp3) is 0.643. The number of carbonyl (C=O) groups excluding carboxylic acids is 4. The number of phenolic OH excluding ortho intramolecular Hbond substituents is 1. The van der Waals surface area contributed by atoms with Crippen LogP contribution < -0.4 is 16.4 Å². The minimum atomic E-state index is -1.36. The second-order valence-electron chi connectivity index (χ2n) is 10.6. The molecular formula is C28H46N4O6. The largest absolute Gasteiger partial charge is 0.508 e. The lowest BCUT2D eigenvalue weighted by molar-refractivity contribution is -0.143. The number of unbranched alkanes of at least 4 members (excludes halogenated alkanes) is 3. The number of nitrogens with zero attached hydrogens (tertiary/aromatic N) is 1. The van der Waals surface area contributed by atoms with Crippen LogP contribution in [0.5, 0.6) is 5.75 Å². The Morgan fingerprint density at radius 2 is 1.68 bits per heavy atom. The summed E-state index contributed by atoms with van der Waals surface area (Å²) in [6.45, 7) is 11.1. The Morgan fingerprint density at radius 3 is 2.24 bits per heavy atom. The van der Waals surface area contributed by atoms with Crippen LogP contribution in [0.2, 0.25) is 0 Å². The van der Waals surface area contributed by atoms with E-state index >= 15 is 0 Å². The minimum Gasteiger partial charge on any atom is -0.508 e. The molecule has 3 unspecified atom stereocenters. The van der Waals surface area contributed by atoms with E-state index in [1.54, 1.807) is 39.0 Å².